The quantitative estimate of drug-likeness (QED) is 0.657. The summed E-state index contributed by atoms with van der Waals surface area (Å²) in [4.78, 5) is 4.03. The molecule has 0 fully saturated rings. The van der Waals surface area contributed by atoms with Gasteiger partial charge in [0.2, 0.25) is 0 Å². The van der Waals surface area contributed by atoms with E-state index in [2.05, 4.69) is 10.3 Å². The molecule has 0 saturated carbocycles. The van der Waals surface area contributed by atoms with Crippen LogP contribution in [0.5, 0.6) is 0 Å². The fourth-order valence-corrected chi connectivity index (χ4v) is 1.53. The highest BCUT2D eigenvalue weighted by Crippen LogP contribution is 2.33. The lowest BCUT2D eigenvalue weighted by atomic mass is 9.95. The Balaban J connectivity index is 2.39. The average Bonchev–Trinajstić information content (AvgIpc) is 2.16. The van der Waals surface area contributed by atoms with Gasteiger partial charge in [-0.05, 0) is 13.0 Å². The number of hydrogen-bond donors (Lipinski definition) is 1. The van der Waals surface area contributed by atoms with Gasteiger partial charge in [0.25, 0.3) is 0 Å². The van der Waals surface area contributed by atoms with Crippen LogP contribution in [0.15, 0.2) is 40.1 Å². The summed E-state index contributed by atoms with van der Waals surface area (Å²) < 4.78 is 37.3. The highest BCUT2D eigenvalue weighted by molar-refractivity contribution is 5.64. The van der Waals surface area contributed by atoms with Crippen molar-refractivity contribution in [2.45, 2.75) is 19.1 Å². The third-order valence-corrected chi connectivity index (χ3v) is 2.36. The Kier molecular flexibility index (Phi) is 2.17. The second kappa shape index (κ2) is 3.25. The molecule has 1 N–H and O–H groups in total. The van der Waals surface area contributed by atoms with Gasteiger partial charge in [0.1, 0.15) is 0 Å². The molecule has 1 unspecified atom stereocenters. The summed E-state index contributed by atoms with van der Waals surface area (Å²) in [6.07, 6.45) is 0.878. The number of aliphatic imine (C=N–C) groups is 1. The van der Waals surface area contributed by atoms with E-state index in [-0.39, 0.29) is 6.04 Å². The number of allylic oxidation sites excluding steroid dienone is 3. The SMILES string of the molecule is CC1=C2C=C(C(F)(F)F)C=CC2N=CN1. The van der Waals surface area contributed by atoms with Crippen molar-refractivity contribution in [2.75, 3.05) is 0 Å². The topological polar surface area (TPSA) is 24.4 Å². The minimum atomic E-state index is -4.30. The molecule has 1 atom stereocenters. The van der Waals surface area contributed by atoms with Crippen molar-refractivity contribution in [1.29, 1.82) is 0 Å². The Bertz CT molecular complexity index is 399. The summed E-state index contributed by atoms with van der Waals surface area (Å²) in [6.45, 7) is 1.73. The van der Waals surface area contributed by atoms with Crippen LogP contribution in [0, 0.1) is 0 Å². The molecule has 2 rings (SSSR count). The first kappa shape index (κ1) is 10.0. The summed E-state index contributed by atoms with van der Waals surface area (Å²) in [7, 11) is 0. The molecule has 0 aromatic rings. The van der Waals surface area contributed by atoms with Crippen molar-refractivity contribution in [2.24, 2.45) is 4.99 Å². The Morgan fingerprint density at radius 2 is 2.13 bits per heavy atom. The van der Waals surface area contributed by atoms with Crippen molar-refractivity contribution in [1.82, 2.24) is 5.32 Å². The summed E-state index contributed by atoms with van der Waals surface area (Å²) >= 11 is 0. The fraction of sp³-hybridized carbons (Fsp3) is 0.300. The second-order valence-corrected chi connectivity index (χ2v) is 3.40. The Morgan fingerprint density at radius 3 is 2.80 bits per heavy atom. The van der Waals surface area contributed by atoms with Crippen molar-refractivity contribution in [3.63, 3.8) is 0 Å². The fourth-order valence-electron chi connectivity index (χ4n) is 1.53. The maximum atomic E-state index is 12.4. The molecule has 0 spiro atoms. The Morgan fingerprint density at radius 1 is 1.40 bits per heavy atom. The normalized spacial score (nSPS) is 24.8. The van der Waals surface area contributed by atoms with E-state index in [0.717, 1.165) is 12.2 Å². The van der Waals surface area contributed by atoms with Gasteiger partial charge in [-0.2, -0.15) is 13.2 Å². The number of nitrogens with one attached hydrogen (secondary N) is 1. The van der Waals surface area contributed by atoms with Crippen LogP contribution < -0.4 is 5.32 Å². The lowest BCUT2D eigenvalue weighted by Crippen LogP contribution is -2.25. The standard InChI is InChI=1S/C10H9F3N2/c1-6-8-4-7(10(11,12)13)2-3-9(8)15-5-14-6/h2-5,9H,1H3,(H,14,15). The maximum absolute atomic E-state index is 12.4. The number of rotatable bonds is 0. The second-order valence-electron chi connectivity index (χ2n) is 3.40. The molecule has 5 heteroatoms. The van der Waals surface area contributed by atoms with E-state index in [1.54, 1.807) is 6.92 Å². The first-order chi connectivity index (χ1) is 6.98. The zero-order valence-corrected chi connectivity index (χ0v) is 7.97. The molecule has 1 aliphatic heterocycles. The molecule has 1 heterocycles. The van der Waals surface area contributed by atoms with Gasteiger partial charge < -0.3 is 5.32 Å². The van der Waals surface area contributed by atoms with E-state index in [1.165, 1.54) is 12.4 Å². The summed E-state index contributed by atoms with van der Waals surface area (Å²) in [5, 5.41) is 2.80. The largest absolute Gasteiger partial charge is 0.416 e. The van der Waals surface area contributed by atoms with Crippen LogP contribution in [-0.4, -0.2) is 18.6 Å². The smallest absolute Gasteiger partial charge is 0.350 e. The predicted octanol–water partition coefficient (Wildman–Crippen LogP) is 2.32. The molecule has 0 radical (unpaired) electrons. The van der Waals surface area contributed by atoms with Crippen LogP contribution in [0.4, 0.5) is 13.2 Å². The molecule has 0 amide bonds. The Labute approximate surface area is 84.9 Å². The molecular weight excluding hydrogens is 205 g/mol. The molecule has 80 valence electrons. The molecule has 0 saturated heterocycles. The van der Waals surface area contributed by atoms with Gasteiger partial charge in [-0.3, -0.25) is 4.99 Å². The van der Waals surface area contributed by atoms with Gasteiger partial charge in [0, 0.05) is 11.3 Å². The zero-order chi connectivity index (χ0) is 11.1. The first-order valence-corrected chi connectivity index (χ1v) is 4.44. The van der Waals surface area contributed by atoms with Crippen LogP contribution in [-0.2, 0) is 0 Å². The Hall–Kier alpha value is -1.52. The van der Waals surface area contributed by atoms with Crippen molar-refractivity contribution < 1.29 is 13.2 Å². The third kappa shape index (κ3) is 1.82. The van der Waals surface area contributed by atoms with Gasteiger partial charge in [-0.25, -0.2) is 0 Å². The summed E-state index contributed by atoms with van der Waals surface area (Å²) in [5.74, 6) is 0. The minimum Gasteiger partial charge on any atom is -0.350 e. The number of hydrogen-bond acceptors (Lipinski definition) is 2. The van der Waals surface area contributed by atoms with E-state index < -0.39 is 11.7 Å². The predicted molar refractivity (Wildman–Crippen MR) is 51.4 cm³/mol. The van der Waals surface area contributed by atoms with Gasteiger partial charge in [-0.15, -0.1) is 0 Å². The lowest BCUT2D eigenvalue weighted by molar-refractivity contribution is -0.0883. The molecule has 15 heavy (non-hydrogen) atoms. The van der Waals surface area contributed by atoms with E-state index >= 15 is 0 Å². The van der Waals surface area contributed by atoms with Gasteiger partial charge in [0.05, 0.1) is 18.0 Å². The monoisotopic (exact) mass is 214 g/mol. The zero-order valence-electron chi connectivity index (χ0n) is 7.97. The number of halogens is 3. The maximum Gasteiger partial charge on any atom is 0.416 e. The highest BCUT2D eigenvalue weighted by Gasteiger charge is 2.34. The number of fused-ring (bicyclic) bond motifs is 1. The number of nitrogens with zero attached hydrogens (tertiary/aromatic N) is 1. The van der Waals surface area contributed by atoms with Crippen LogP contribution in [0.25, 0.3) is 0 Å². The minimum absolute atomic E-state index is 0.280. The van der Waals surface area contributed by atoms with Crippen LogP contribution in [0.2, 0.25) is 0 Å². The lowest BCUT2D eigenvalue weighted by Gasteiger charge is -2.23. The number of alkyl halides is 3. The first-order valence-electron chi connectivity index (χ1n) is 4.44. The van der Waals surface area contributed by atoms with Crippen molar-refractivity contribution >= 4 is 6.34 Å². The molecule has 0 aromatic carbocycles. The summed E-state index contributed by atoms with van der Waals surface area (Å²) in [6, 6.07) is -0.280. The third-order valence-electron chi connectivity index (χ3n) is 2.36. The highest BCUT2D eigenvalue weighted by atomic mass is 19.4. The van der Waals surface area contributed by atoms with Crippen LogP contribution in [0.1, 0.15) is 6.92 Å². The molecule has 2 nitrogen and oxygen atoms in total. The average molecular weight is 214 g/mol. The molecule has 0 aromatic heterocycles. The molecule has 0 bridgehead atoms. The van der Waals surface area contributed by atoms with E-state index in [4.69, 9.17) is 0 Å². The molecular formula is C10H9F3N2. The molecule has 1 aliphatic carbocycles. The van der Waals surface area contributed by atoms with E-state index in [9.17, 15) is 13.2 Å². The van der Waals surface area contributed by atoms with Gasteiger partial charge in [-0.1, -0.05) is 12.2 Å². The van der Waals surface area contributed by atoms with Crippen LogP contribution in [0.3, 0.4) is 0 Å². The van der Waals surface area contributed by atoms with E-state index in [0.29, 0.717) is 11.3 Å². The van der Waals surface area contributed by atoms with Gasteiger partial charge in [0.15, 0.2) is 0 Å². The van der Waals surface area contributed by atoms with Crippen molar-refractivity contribution in [3.05, 3.63) is 35.1 Å². The summed E-state index contributed by atoms with van der Waals surface area (Å²) in [5.41, 5.74) is 0.653. The van der Waals surface area contributed by atoms with Crippen LogP contribution >= 0.6 is 0 Å². The molecule has 2 aliphatic rings. The van der Waals surface area contributed by atoms with Gasteiger partial charge >= 0.3 is 6.18 Å². The van der Waals surface area contributed by atoms with E-state index in [1.807, 2.05) is 0 Å². The van der Waals surface area contributed by atoms with Crippen molar-refractivity contribution in [3.8, 4) is 0 Å².